The maximum Gasteiger partial charge on any atom is 0.113 e. The topological polar surface area (TPSA) is 17.8 Å². The van der Waals surface area contributed by atoms with E-state index >= 15 is 0 Å². The second-order valence-corrected chi connectivity index (χ2v) is 5.97. The van der Waals surface area contributed by atoms with Crippen LogP contribution in [0.1, 0.15) is 49.7 Å². The second kappa shape index (κ2) is 5.20. The Kier molecular flexibility index (Phi) is 3.41. The Labute approximate surface area is 115 Å². The summed E-state index contributed by atoms with van der Waals surface area (Å²) in [6.45, 7) is 5.68. The first kappa shape index (κ1) is 12.5. The molecule has 100 valence electrons. The van der Waals surface area contributed by atoms with E-state index in [2.05, 4.69) is 59.9 Å². The maximum absolute atomic E-state index is 4.68. The molecule has 1 aromatic carbocycles. The molecule has 1 fully saturated rings. The standard InChI is InChI=1S/C17H22N2/c1-13(2)16-11-18-17(19(16)12-15-8-9-15)10-14-6-4-3-5-7-14/h3-7,11,13,15H,8-10,12H2,1-2H3. The smallest absolute Gasteiger partial charge is 0.113 e. The van der Waals surface area contributed by atoms with Crippen LogP contribution in [0.25, 0.3) is 0 Å². The predicted octanol–water partition coefficient (Wildman–Crippen LogP) is 4.01. The van der Waals surface area contributed by atoms with Gasteiger partial charge >= 0.3 is 0 Å². The monoisotopic (exact) mass is 254 g/mol. The lowest BCUT2D eigenvalue weighted by Gasteiger charge is -2.13. The highest BCUT2D eigenvalue weighted by Gasteiger charge is 2.24. The van der Waals surface area contributed by atoms with Gasteiger partial charge in [-0.2, -0.15) is 0 Å². The Morgan fingerprint density at radius 3 is 2.58 bits per heavy atom. The molecule has 0 unspecified atom stereocenters. The summed E-state index contributed by atoms with van der Waals surface area (Å²) in [7, 11) is 0. The molecular formula is C17H22N2. The molecule has 1 aromatic heterocycles. The molecule has 0 bridgehead atoms. The Hall–Kier alpha value is -1.57. The van der Waals surface area contributed by atoms with E-state index < -0.39 is 0 Å². The number of aromatic nitrogens is 2. The molecular weight excluding hydrogens is 232 g/mol. The van der Waals surface area contributed by atoms with E-state index in [9.17, 15) is 0 Å². The summed E-state index contributed by atoms with van der Waals surface area (Å²) in [4.78, 5) is 4.68. The first-order valence-electron chi connectivity index (χ1n) is 7.32. The van der Waals surface area contributed by atoms with E-state index in [0.29, 0.717) is 5.92 Å². The summed E-state index contributed by atoms with van der Waals surface area (Å²) in [5, 5.41) is 0. The summed E-state index contributed by atoms with van der Waals surface area (Å²) in [6, 6.07) is 10.6. The molecule has 19 heavy (non-hydrogen) atoms. The van der Waals surface area contributed by atoms with Crippen molar-refractivity contribution in [1.29, 1.82) is 0 Å². The summed E-state index contributed by atoms with van der Waals surface area (Å²) >= 11 is 0. The van der Waals surface area contributed by atoms with E-state index in [4.69, 9.17) is 0 Å². The third kappa shape index (κ3) is 2.89. The molecule has 1 aliphatic carbocycles. The van der Waals surface area contributed by atoms with Crippen molar-refractivity contribution in [3.63, 3.8) is 0 Å². The third-order valence-electron chi connectivity index (χ3n) is 3.90. The highest BCUT2D eigenvalue weighted by molar-refractivity contribution is 5.21. The predicted molar refractivity (Wildman–Crippen MR) is 78.3 cm³/mol. The second-order valence-electron chi connectivity index (χ2n) is 5.97. The molecule has 3 rings (SSSR count). The average molecular weight is 254 g/mol. The molecule has 2 aromatic rings. The van der Waals surface area contributed by atoms with Crippen LogP contribution < -0.4 is 0 Å². The fraction of sp³-hybridized carbons (Fsp3) is 0.471. The number of imidazole rings is 1. The Morgan fingerprint density at radius 2 is 1.95 bits per heavy atom. The minimum Gasteiger partial charge on any atom is -0.331 e. The van der Waals surface area contributed by atoms with Crippen molar-refractivity contribution in [3.05, 3.63) is 53.6 Å². The van der Waals surface area contributed by atoms with Gasteiger partial charge in [-0.15, -0.1) is 0 Å². The zero-order chi connectivity index (χ0) is 13.2. The number of rotatable bonds is 5. The van der Waals surface area contributed by atoms with Crippen LogP contribution in [0.5, 0.6) is 0 Å². The van der Waals surface area contributed by atoms with Crippen LogP contribution in [0.15, 0.2) is 36.5 Å². The van der Waals surface area contributed by atoms with Crippen LogP contribution >= 0.6 is 0 Å². The van der Waals surface area contributed by atoms with Crippen LogP contribution in [-0.2, 0) is 13.0 Å². The molecule has 0 saturated heterocycles. The fourth-order valence-electron chi connectivity index (χ4n) is 2.58. The van der Waals surface area contributed by atoms with Gasteiger partial charge in [-0.25, -0.2) is 4.98 Å². The molecule has 2 nitrogen and oxygen atoms in total. The molecule has 0 spiro atoms. The summed E-state index contributed by atoms with van der Waals surface area (Å²) in [5.74, 6) is 2.67. The summed E-state index contributed by atoms with van der Waals surface area (Å²) in [5.41, 5.74) is 2.73. The van der Waals surface area contributed by atoms with Gasteiger partial charge < -0.3 is 4.57 Å². The van der Waals surface area contributed by atoms with Gasteiger partial charge in [0.25, 0.3) is 0 Å². The van der Waals surface area contributed by atoms with Gasteiger partial charge in [-0.3, -0.25) is 0 Å². The zero-order valence-corrected chi connectivity index (χ0v) is 11.8. The van der Waals surface area contributed by atoms with Crippen LogP contribution in [-0.4, -0.2) is 9.55 Å². The van der Waals surface area contributed by atoms with Crippen molar-refractivity contribution in [2.24, 2.45) is 5.92 Å². The van der Waals surface area contributed by atoms with Gasteiger partial charge in [0.15, 0.2) is 0 Å². The quantitative estimate of drug-likeness (QED) is 0.788. The molecule has 1 aliphatic rings. The number of nitrogens with zero attached hydrogens (tertiary/aromatic N) is 2. The number of benzene rings is 1. The third-order valence-corrected chi connectivity index (χ3v) is 3.90. The summed E-state index contributed by atoms with van der Waals surface area (Å²) in [6.07, 6.45) is 5.80. The van der Waals surface area contributed by atoms with Crippen LogP contribution in [0, 0.1) is 5.92 Å². The van der Waals surface area contributed by atoms with E-state index in [0.717, 1.165) is 18.9 Å². The Bertz CT molecular complexity index is 536. The lowest BCUT2D eigenvalue weighted by molar-refractivity contribution is 0.565. The van der Waals surface area contributed by atoms with E-state index in [1.807, 2.05) is 0 Å². The molecule has 0 atom stereocenters. The molecule has 0 N–H and O–H groups in total. The normalized spacial score (nSPS) is 15.1. The van der Waals surface area contributed by atoms with E-state index in [1.165, 1.54) is 29.9 Å². The lowest BCUT2D eigenvalue weighted by Crippen LogP contribution is -2.10. The molecule has 0 amide bonds. The maximum atomic E-state index is 4.68. The van der Waals surface area contributed by atoms with Gasteiger partial charge in [-0.1, -0.05) is 44.2 Å². The molecule has 1 heterocycles. The van der Waals surface area contributed by atoms with Crippen LogP contribution in [0.3, 0.4) is 0 Å². The van der Waals surface area contributed by atoms with Crippen molar-refractivity contribution in [2.45, 2.75) is 45.6 Å². The Balaban J connectivity index is 1.87. The van der Waals surface area contributed by atoms with Crippen LogP contribution in [0.2, 0.25) is 0 Å². The highest BCUT2D eigenvalue weighted by Crippen LogP contribution is 2.32. The van der Waals surface area contributed by atoms with E-state index in [-0.39, 0.29) is 0 Å². The van der Waals surface area contributed by atoms with Crippen molar-refractivity contribution in [3.8, 4) is 0 Å². The number of hydrogen-bond acceptors (Lipinski definition) is 1. The SMILES string of the molecule is CC(C)c1cnc(Cc2ccccc2)n1CC1CC1. The highest BCUT2D eigenvalue weighted by atomic mass is 15.1. The first-order chi connectivity index (χ1) is 9.24. The summed E-state index contributed by atoms with van der Waals surface area (Å²) < 4.78 is 2.47. The van der Waals surface area contributed by atoms with Gasteiger partial charge in [0.1, 0.15) is 5.82 Å². The lowest BCUT2D eigenvalue weighted by atomic mass is 10.1. The molecule has 0 aliphatic heterocycles. The average Bonchev–Trinajstić information content (AvgIpc) is 3.13. The van der Waals surface area contributed by atoms with Crippen molar-refractivity contribution in [2.75, 3.05) is 0 Å². The molecule has 1 saturated carbocycles. The minimum atomic E-state index is 0.552. The van der Waals surface area contributed by atoms with Gasteiger partial charge in [0, 0.05) is 24.9 Å². The van der Waals surface area contributed by atoms with E-state index in [1.54, 1.807) is 0 Å². The van der Waals surface area contributed by atoms with Gasteiger partial charge in [0.05, 0.1) is 0 Å². The minimum absolute atomic E-state index is 0.552. The first-order valence-corrected chi connectivity index (χ1v) is 7.32. The molecule has 2 heteroatoms. The largest absolute Gasteiger partial charge is 0.331 e. The van der Waals surface area contributed by atoms with Gasteiger partial charge in [-0.05, 0) is 30.2 Å². The van der Waals surface area contributed by atoms with Crippen LogP contribution in [0.4, 0.5) is 0 Å². The van der Waals surface area contributed by atoms with Gasteiger partial charge in [0.2, 0.25) is 0 Å². The zero-order valence-electron chi connectivity index (χ0n) is 11.8. The van der Waals surface area contributed by atoms with Crippen molar-refractivity contribution >= 4 is 0 Å². The van der Waals surface area contributed by atoms with Crippen molar-refractivity contribution < 1.29 is 0 Å². The van der Waals surface area contributed by atoms with Crippen molar-refractivity contribution in [1.82, 2.24) is 9.55 Å². The molecule has 0 radical (unpaired) electrons. The fourth-order valence-corrected chi connectivity index (χ4v) is 2.58. The Morgan fingerprint density at radius 1 is 1.21 bits per heavy atom. The number of hydrogen-bond donors (Lipinski definition) is 0.